The molecule has 0 aliphatic heterocycles. The Bertz CT molecular complexity index is 560. The van der Waals surface area contributed by atoms with E-state index in [2.05, 4.69) is 5.32 Å². The molecule has 1 aromatic rings. The van der Waals surface area contributed by atoms with Crippen molar-refractivity contribution in [3.8, 4) is 5.75 Å². The fraction of sp³-hybridized carbons (Fsp3) is 0.412. The number of amides is 1. The van der Waals surface area contributed by atoms with Crippen LogP contribution in [0.4, 0.5) is 5.69 Å². The number of carboxylic acid groups (broad SMARTS) is 1. The summed E-state index contributed by atoms with van der Waals surface area (Å²) >= 11 is 0. The van der Waals surface area contributed by atoms with Crippen molar-refractivity contribution in [2.45, 2.75) is 40.0 Å². The fourth-order valence-electron chi connectivity index (χ4n) is 1.85. The van der Waals surface area contributed by atoms with Crippen molar-refractivity contribution < 1.29 is 19.4 Å². The van der Waals surface area contributed by atoms with Crippen LogP contribution in [0.2, 0.25) is 0 Å². The predicted octanol–water partition coefficient (Wildman–Crippen LogP) is 3.40. The van der Waals surface area contributed by atoms with E-state index in [1.165, 1.54) is 6.08 Å². The molecule has 22 heavy (non-hydrogen) atoms. The summed E-state index contributed by atoms with van der Waals surface area (Å²) in [5, 5.41) is 11.5. The summed E-state index contributed by atoms with van der Waals surface area (Å²) in [5.74, 6) is -0.477. The first-order valence-electron chi connectivity index (χ1n) is 7.35. The number of aliphatic carboxylic acids is 1. The van der Waals surface area contributed by atoms with Gasteiger partial charge in [0.05, 0.1) is 12.3 Å². The summed E-state index contributed by atoms with van der Waals surface area (Å²) in [6, 6.07) is 5.36. The van der Waals surface area contributed by atoms with Crippen molar-refractivity contribution >= 4 is 17.6 Å². The third-order valence-corrected chi connectivity index (χ3v) is 2.81. The van der Waals surface area contributed by atoms with Crippen LogP contribution in [-0.2, 0) is 16.0 Å². The number of aryl methyl sites for hydroxylation is 1. The largest absolute Gasteiger partial charge is 0.491 e. The molecular weight excluding hydrogens is 282 g/mol. The maximum Gasteiger partial charge on any atom is 0.303 e. The highest BCUT2D eigenvalue weighted by atomic mass is 16.5. The van der Waals surface area contributed by atoms with E-state index in [1.54, 1.807) is 12.1 Å². The van der Waals surface area contributed by atoms with Gasteiger partial charge >= 0.3 is 5.97 Å². The van der Waals surface area contributed by atoms with Crippen LogP contribution in [0.15, 0.2) is 29.8 Å². The Kier molecular flexibility index (Phi) is 7.16. The Morgan fingerprint density at radius 2 is 2.05 bits per heavy atom. The lowest BCUT2D eigenvalue weighted by molar-refractivity contribution is -0.137. The Labute approximate surface area is 131 Å². The van der Waals surface area contributed by atoms with Gasteiger partial charge in [-0.05, 0) is 44.4 Å². The minimum Gasteiger partial charge on any atom is -0.491 e. The Balaban J connectivity index is 2.95. The van der Waals surface area contributed by atoms with Gasteiger partial charge in [0.1, 0.15) is 5.75 Å². The number of allylic oxidation sites excluding steroid dienone is 1. The molecule has 0 aliphatic carbocycles. The molecule has 0 heterocycles. The monoisotopic (exact) mass is 305 g/mol. The minimum absolute atomic E-state index is 0.0521. The molecule has 0 atom stereocenters. The standard InChI is InChI=1S/C17H23NO4/c1-4-9-22-15-7-5-13(6-8-17(20)21)11-14(15)18-16(19)10-12(2)3/h5,7,10-11H,4,6,8-9H2,1-3H3,(H,18,19)(H,20,21). The van der Waals surface area contributed by atoms with Crippen LogP contribution < -0.4 is 10.1 Å². The molecule has 1 amide bonds. The molecule has 0 spiro atoms. The highest BCUT2D eigenvalue weighted by molar-refractivity contribution is 6.00. The van der Waals surface area contributed by atoms with E-state index in [1.807, 2.05) is 26.8 Å². The lowest BCUT2D eigenvalue weighted by Gasteiger charge is -2.13. The second-order valence-corrected chi connectivity index (χ2v) is 5.28. The molecule has 1 rings (SSSR count). The zero-order chi connectivity index (χ0) is 16.5. The van der Waals surface area contributed by atoms with E-state index >= 15 is 0 Å². The van der Waals surface area contributed by atoms with Crippen LogP contribution >= 0.6 is 0 Å². The molecule has 0 bridgehead atoms. The normalized spacial score (nSPS) is 9.95. The van der Waals surface area contributed by atoms with Gasteiger partial charge < -0.3 is 15.2 Å². The quantitative estimate of drug-likeness (QED) is 0.722. The number of anilines is 1. The van der Waals surface area contributed by atoms with Gasteiger partial charge in [-0.15, -0.1) is 0 Å². The Morgan fingerprint density at radius 3 is 2.64 bits per heavy atom. The van der Waals surface area contributed by atoms with Crippen molar-refractivity contribution in [3.05, 3.63) is 35.4 Å². The van der Waals surface area contributed by atoms with Gasteiger partial charge in [-0.1, -0.05) is 18.6 Å². The lowest BCUT2D eigenvalue weighted by atomic mass is 10.1. The number of carboxylic acids is 1. The predicted molar refractivity (Wildman–Crippen MR) is 86.2 cm³/mol. The Morgan fingerprint density at radius 1 is 1.32 bits per heavy atom. The molecule has 0 unspecified atom stereocenters. The SMILES string of the molecule is CCCOc1ccc(CCC(=O)O)cc1NC(=O)C=C(C)C. The van der Waals surface area contributed by atoms with Gasteiger partial charge in [-0.2, -0.15) is 0 Å². The third kappa shape index (κ3) is 6.43. The summed E-state index contributed by atoms with van der Waals surface area (Å²) in [5.41, 5.74) is 2.31. The Hall–Kier alpha value is -2.30. The number of rotatable bonds is 8. The number of nitrogens with one attached hydrogen (secondary N) is 1. The van der Waals surface area contributed by atoms with Crippen molar-refractivity contribution in [2.24, 2.45) is 0 Å². The number of ether oxygens (including phenoxy) is 1. The summed E-state index contributed by atoms with van der Waals surface area (Å²) in [6.45, 7) is 6.25. The number of benzene rings is 1. The molecule has 0 fully saturated rings. The summed E-state index contributed by atoms with van der Waals surface area (Å²) in [7, 11) is 0. The first kappa shape index (κ1) is 17.8. The lowest BCUT2D eigenvalue weighted by Crippen LogP contribution is -2.11. The minimum atomic E-state index is -0.846. The van der Waals surface area contributed by atoms with Crippen molar-refractivity contribution in [1.82, 2.24) is 0 Å². The van der Waals surface area contributed by atoms with Crippen LogP contribution in [0, 0.1) is 0 Å². The second-order valence-electron chi connectivity index (χ2n) is 5.28. The van der Waals surface area contributed by atoms with Crippen LogP contribution in [0.5, 0.6) is 5.75 Å². The van der Waals surface area contributed by atoms with E-state index in [0.29, 0.717) is 24.5 Å². The van der Waals surface area contributed by atoms with Gasteiger partial charge in [-0.25, -0.2) is 0 Å². The maximum absolute atomic E-state index is 11.9. The molecule has 0 saturated heterocycles. The molecule has 5 nitrogen and oxygen atoms in total. The smallest absolute Gasteiger partial charge is 0.303 e. The molecule has 0 saturated carbocycles. The van der Waals surface area contributed by atoms with E-state index in [9.17, 15) is 9.59 Å². The maximum atomic E-state index is 11.9. The van der Waals surface area contributed by atoms with E-state index in [4.69, 9.17) is 9.84 Å². The molecule has 0 aromatic heterocycles. The van der Waals surface area contributed by atoms with Gasteiger partial charge in [0.15, 0.2) is 0 Å². The molecule has 5 heteroatoms. The average molecular weight is 305 g/mol. The summed E-state index contributed by atoms with van der Waals surface area (Å²) < 4.78 is 5.62. The molecule has 1 aromatic carbocycles. The van der Waals surface area contributed by atoms with Crippen molar-refractivity contribution in [3.63, 3.8) is 0 Å². The van der Waals surface area contributed by atoms with E-state index in [-0.39, 0.29) is 12.3 Å². The average Bonchev–Trinajstić information content (AvgIpc) is 2.43. The third-order valence-electron chi connectivity index (χ3n) is 2.81. The second kappa shape index (κ2) is 8.87. The molecule has 0 radical (unpaired) electrons. The number of carbonyl (C=O) groups is 2. The highest BCUT2D eigenvalue weighted by Gasteiger charge is 2.09. The number of hydrogen-bond donors (Lipinski definition) is 2. The van der Waals surface area contributed by atoms with Crippen LogP contribution in [0.25, 0.3) is 0 Å². The summed E-state index contributed by atoms with van der Waals surface area (Å²) in [6.07, 6.45) is 2.83. The van der Waals surface area contributed by atoms with Gasteiger partial charge in [0, 0.05) is 12.5 Å². The first-order valence-corrected chi connectivity index (χ1v) is 7.35. The fourth-order valence-corrected chi connectivity index (χ4v) is 1.85. The van der Waals surface area contributed by atoms with Gasteiger partial charge in [-0.3, -0.25) is 9.59 Å². The van der Waals surface area contributed by atoms with Crippen LogP contribution in [-0.4, -0.2) is 23.6 Å². The zero-order valence-corrected chi connectivity index (χ0v) is 13.3. The van der Waals surface area contributed by atoms with E-state index < -0.39 is 5.97 Å². The van der Waals surface area contributed by atoms with Crippen molar-refractivity contribution in [1.29, 1.82) is 0 Å². The zero-order valence-electron chi connectivity index (χ0n) is 13.3. The van der Waals surface area contributed by atoms with E-state index in [0.717, 1.165) is 17.6 Å². The molecular formula is C17H23NO4. The number of carbonyl (C=O) groups excluding carboxylic acids is 1. The summed E-state index contributed by atoms with van der Waals surface area (Å²) in [4.78, 5) is 22.6. The number of hydrogen-bond acceptors (Lipinski definition) is 3. The van der Waals surface area contributed by atoms with Gasteiger partial charge in [0.25, 0.3) is 0 Å². The highest BCUT2D eigenvalue weighted by Crippen LogP contribution is 2.27. The molecule has 0 aliphatic rings. The van der Waals surface area contributed by atoms with Crippen molar-refractivity contribution in [2.75, 3.05) is 11.9 Å². The molecule has 120 valence electrons. The molecule has 2 N–H and O–H groups in total. The first-order chi connectivity index (χ1) is 10.4. The van der Waals surface area contributed by atoms with Gasteiger partial charge in [0.2, 0.25) is 5.91 Å². The van der Waals surface area contributed by atoms with Crippen LogP contribution in [0.1, 0.15) is 39.2 Å². The topological polar surface area (TPSA) is 75.6 Å². The van der Waals surface area contributed by atoms with Crippen LogP contribution in [0.3, 0.4) is 0 Å².